The van der Waals surface area contributed by atoms with Crippen LogP contribution in [0.5, 0.6) is 0 Å². The van der Waals surface area contributed by atoms with Crippen LogP contribution in [0.4, 0.5) is 5.69 Å². The second-order valence-corrected chi connectivity index (χ2v) is 8.79. The van der Waals surface area contributed by atoms with E-state index in [2.05, 4.69) is 0 Å². The van der Waals surface area contributed by atoms with Gasteiger partial charge in [-0.1, -0.05) is 42.8 Å². The zero-order valence-electron chi connectivity index (χ0n) is 17.4. The molecule has 4 rings (SSSR count). The van der Waals surface area contributed by atoms with Crippen LogP contribution in [0.25, 0.3) is 0 Å². The van der Waals surface area contributed by atoms with E-state index >= 15 is 0 Å². The molecule has 32 heavy (non-hydrogen) atoms. The van der Waals surface area contributed by atoms with Gasteiger partial charge in [0.25, 0.3) is 23.4 Å². The van der Waals surface area contributed by atoms with Crippen molar-refractivity contribution in [2.24, 2.45) is 17.8 Å². The summed E-state index contributed by atoms with van der Waals surface area (Å²) in [4.78, 5) is 50.6. The van der Waals surface area contributed by atoms with Crippen LogP contribution < -0.4 is 0 Å². The number of hydrogen-bond donors (Lipinski definition) is 0. The van der Waals surface area contributed by atoms with Gasteiger partial charge < -0.3 is 0 Å². The van der Waals surface area contributed by atoms with Gasteiger partial charge in [-0.15, -0.1) is 0 Å². The fraction of sp³-hybridized carbons (Fsp3) is 0.348. The monoisotopic (exact) mass is 455 g/mol. The molecule has 2 aromatic rings. The number of imide groups is 1. The molecule has 9 heteroatoms. The largest absolute Gasteiger partial charge is 0.273 e. The first-order chi connectivity index (χ1) is 15.3. The molecule has 0 radical (unpaired) electrons. The fourth-order valence-electron chi connectivity index (χ4n) is 4.53. The molecule has 166 valence electrons. The molecule has 1 aliphatic carbocycles. The lowest BCUT2D eigenvalue weighted by Crippen LogP contribution is -2.49. The number of carbonyl (C=O) groups excluding carboxylic acids is 3. The number of carbonyl (C=O) groups is 3. The highest BCUT2D eigenvalue weighted by molar-refractivity contribution is 6.31. The third kappa shape index (κ3) is 3.98. The fourth-order valence-corrected chi connectivity index (χ4v) is 4.73. The van der Waals surface area contributed by atoms with Gasteiger partial charge >= 0.3 is 0 Å². The number of fused-ring (bicyclic) bond motifs is 1. The van der Waals surface area contributed by atoms with E-state index in [1.165, 1.54) is 18.2 Å². The van der Waals surface area contributed by atoms with Crippen molar-refractivity contribution < 1.29 is 19.3 Å². The van der Waals surface area contributed by atoms with Gasteiger partial charge in [0.1, 0.15) is 0 Å². The summed E-state index contributed by atoms with van der Waals surface area (Å²) < 4.78 is 0. The summed E-state index contributed by atoms with van der Waals surface area (Å²) in [5, 5.41) is 13.6. The number of nitro benzene ring substituents is 1. The van der Waals surface area contributed by atoms with Crippen LogP contribution in [0.2, 0.25) is 5.02 Å². The standard InChI is InChI=1S/C23H22ClN3O5/c1-14-9-10-18-19(11-14)23(30)26(22(18)29)25(13-16-5-2-3-8-20(16)24)21(28)15-6-4-7-17(12-15)27(31)32/h2-8,12,14,18-19H,9-11,13H2,1H3/t14-,18+,19-/m1/s1. The minimum atomic E-state index is -0.679. The Kier molecular flexibility index (Phi) is 5.97. The van der Waals surface area contributed by atoms with E-state index in [1.54, 1.807) is 24.3 Å². The summed E-state index contributed by atoms with van der Waals surface area (Å²) in [5.74, 6) is -2.09. The summed E-state index contributed by atoms with van der Waals surface area (Å²) in [6.07, 6.45) is 2.03. The summed E-state index contributed by atoms with van der Waals surface area (Å²) in [5.41, 5.74) is 0.307. The van der Waals surface area contributed by atoms with Crippen LogP contribution in [-0.4, -0.2) is 32.7 Å². The lowest BCUT2D eigenvalue weighted by molar-refractivity contribution is -0.384. The van der Waals surface area contributed by atoms with Crippen molar-refractivity contribution in [3.8, 4) is 0 Å². The molecule has 1 aliphatic heterocycles. The minimum absolute atomic E-state index is 0.00935. The van der Waals surface area contributed by atoms with E-state index in [0.717, 1.165) is 22.5 Å². The minimum Gasteiger partial charge on any atom is -0.272 e. The molecule has 0 aromatic heterocycles. The highest BCUT2D eigenvalue weighted by atomic mass is 35.5. The topological polar surface area (TPSA) is 101 Å². The summed E-state index contributed by atoms with van der Waals surface area (Å²) in [7, 11) is 0. The maximum absolute atomic E-state index is 13.5. The third-order valence-electron chi connectivity index (χ3n) is 6.22. The Morgan fingerprint density at radius 3 is 2.56 bits per heavy atom. The number of nitrogens with zero attached hydrogens (tertiary/aromatic N) is 3. The molecule has 3 amide bonds. The first-order valence-electron chi connectivity index (χ1n) is 10.5. The van der Waals surface area contributed by atoms with E-state index in [0.29, 0.717) is 29.3 Å². The van der Waals surface area contributed by atoms with Gasteiger partial charge in [0.05, 0.1) is 23.3 Å². The third-order valence-corrected chi connectivity index (χ3v) is 6.59. The van der Waals surface area contributed by atoms with Crippen molar-refractivity contribution >= 4 is 35.0 Å². The van der Waals surface area contributed by atoms with E-state index in [4.69, 9.17) is 11.6 Å². The van der Waals surface area contributed by atoms with Gasteiger partial charge in [-0.2, -0.15) is 5.01 Å². The van der Waals surface area contributed by atoms with Crippen LogP contribution in [0.1, 0.15) is 42.1 Å². The second-order valence-electron chi connectivity index (χ2n) is 8.38. The quantitative estimate of drug-likeness (QED) is 0.381. The molecule has 3 atom stereocenters. The highest BCUT2D eigenvalue weighted by Gasteiger charge is 2.52. The zero-order valence-corrected chi connectivity index (χ0v) is 18.2. The Morgan fingerprint density at radius 2 is 1.84 bits per heavy atom. The van der Waals surface area contributed by atoms with Gasteiger partial charge in [-0.3, -0.25) is 24.5 Å². The molecule has 2 fully saturated rings. The molecule has 0 unspecified atom stereocenters. The normalized spacial score (nSPS) is 22.6. The van der Waals surface area contributed by atoms with Gasteiger partial charge in [0, 0.05) is 22.7 Å². The summed E-state index contributed by atoms with van der Waals surface area (Å²) in [6.45, 7) is 1.93. The Hall–Kier alpha value is -3.26. The molecule has 0 spiro atoms. The Morgan fingerprint density at radius 1 is 1.12 bits per heavy atom. The molecule has 1 heterocycles. The first-order valence-corrected chi connectivity index (χ1v) is 10.8. The van der Waals surface area contributed by atoms with Gasteiger partial charge in [0.15, 0.2) is 0 Å². The van der Waals surface area contributed by atoms with Crippen LogP contribution in [0, 0.1) is 27.9 Å². The number of non-ortho nitro benzene ring substituents is 1. The van der Waals surface area contributed by atoms with E-state index in [9.17, 15) is 24.5 Å². The molecular weight excluding hydrogens is 434 g/mol. The molecule has 2 aliphatic rings. The predicted molar refractivity (Wildman–Crippen MR) is 116 cm³/mol. The van der Waals surface area contributed by atoms with Crippen molar-refractivity contribution in [3.63, 3.8) is 0 Å². The highest BCUT2D eigenvalue weighted by Crippen LogP contribution is 2.41. The van der Waals surface area contributed by atoms with Crippen LogP contribution in [-0.2, 0) is 16.1 Å². The maximum atomic E-state index is 13.5. The smallest absolute Gasteiger partial charge is 0.272 e. The average Bonchev–Trinajstić information content (AvgIpc) is 3.02. The number of nitro groups is 1. The Labute approximate surface area is 189 Å². The molecule has 0 N–H and O–H groups in total. The number of rotatable bonds is 5. The molecule has 0 bridgehead atoms. The number of benzene rings is 2. The van der Waals surface area contributed by atoms with Crippen LogP contribution in [0.3, 0.4) is 0 Å². The molecule has 1 saturated carbocycles. The number of hydrazine groups is 1. The Bertz CT molecular complexity index is 1100. The van der Waals surface area contributed by atoms with Gasteiger partial charge in [-0.25, -0.2) is 5.01 Å². The number of amides is 3. The van der Waals surface area contributed by atoms with Crippen molar-refractivity contribution in [3.05, 3.63) is 74.8 Å². The van der Waals surface area contributed by atoms with Crippen LogP contribution >= 0.6 is 11.6 Å². The average molecular weight is 456 g/mol. The molecule has 2 aromatic carbocycles. The van der Waals surface area contributed by atoms with Crippen molar-refractivity contribution in [2.45, 2.75) is 32.7 Å². The Balaban J connectivity index is 1.74. The second kappa shape index (κ2) is 8.70. The summed E-state index contributed by atoms with van der Waals surface area (Å²) >= 11 is 6.29. The first kappa shape index (κ1) is 22.0. The maximum Gasteiger partial charge on any atom is 0.273 e. The van der Waals surface area contributed by atoms with Crippen molar-refractivity contribution in [1.29, 1.82) is 0 Å². The number of halogens is 1. The SMILES string of the molecule is C[C@@H]1CC[C@@H]2C(=O)N(N(Cc3ccccc3Cl)C(=O)c3cccc([N+](=O)[O-])c3)C(=O)[C@@H]2C1. The van der Waals surface area contributed by atoms with E-state index in [-0.39, 0.29) is 17.8 Å². The lowest BCUT2D eigenvalue weighted by atomic mass is 9.76. The molecule has 8 nitrogen and oxygen atoms in total. The summed E-state index contributed by atoms with van der Waals surface area (Å²) in [6, 6.07) is 12.1. The lowest BCUT2D eigenvalue weighted by Gasteiger charge is -2.31. The predicted octanol–water partition coefficient (Wildman–Crippen LogP) is 4.23. The van der Waals surface area contributed by atoms with Crippen molar-refractivity contribution in [1.82, 2.24) is 10.0 Å². The zero-order chi connectivity index (χ0) is 23.0. The molecule has 1 saturated heterocycles. The van der Waals surface area contributed by atoms with Gasteiger partial charge in [0.2, 0.25) is 0 Å². The molecular formula is C23H22ClN3O5. The van der Waals surface area contributed by atoms with Gasteiger partial charge in [-0.05, 0) is 42.9 Å². The number of hydrogen-bond acceptors (Lipinski definition) is 5. The van der Waals surface area contributed by atoms with Crippen LogP contribution in [0.15, 0.2) is 48.5 Å². The van der Waals surface area contributed by atoms with E-state index < -0.39 is 34.5 Å². The van der Waals surface area contributed by atoms with Crippen molar-refractivity contribution in [2.75, 3.05) is 0 Å². The van der Waals surface area contributed by atoms with E-state index in [1.807, 2.05) is 6.92 Å².